The lowest BCUT2D eigenvalue weighted by Gasteiger charge is -2.10. The fraction of sp³-hybridized carbons (Fsp3) is 0.133. The quantitative estimate of drug-likeness (QED) is 0.948. The number of amides is 1. The van der Waals surface area contributed by atoms with Gasteiger partial charge in [0.25, 0.3) is 5.91 Å². The average Bonchev–Trinajstić information content (AvgIpc) is 2.41. The van der Waals surface area contributed by atoms with Crippen LogP contribution in [0.5, 0.6) is 0 Å². The first-order valence-corrected chi connectivity index (χ1v) is 8.05. The Bertz CT molecular complexity index is 800. The van der Waals surface area contributed by atoms with Gasteiger partial charge in [-0.2, -0.15) is 0 Å². The van der Waals surface area contributed by atoms with E-state index in [1.807, 2.05) is 0 Å². The van der Waals surface area contributed by atoms with E-state index in [-0.39, 0.29) is 16.1 Å². The van der Waals surface area contributed by atoms with Gasteiger partial charge in [0.05, 0.1) is 16.1 Å². The molecule has 4 nitrogen and oxygen atoms in total. The van der Waals surface area contributed by atoms with Crippen LogP contribution >= 0.6 is 0 Å². The molecule has 6 heteroatoms. The molecule has 110 valence electrons. The first-order valence-electron chi connectivity index (χ1n) is 6.16. The van der Waals surface area contributed by atoms with E-state index in [9.17, 15) is 17.6 Å². The number of para-hydroxylation sites is 1. The average molecular weight is 307 g/mol. The number of carbonyl (C=O) groups is 1. The zero-order valence-electron chi connectivity index (χ0n) is 11.6. The van der Waals surface area contributed by atoms with E-state index >= 15 is 0 Å². The Kier molecular flexibility index (Phi) is 4.09. The predicted molar refractivity (Wildman–Crippen MR) is 78.6 cm³/mol. The maximum atomic E-state index is 13.9. The normalized spacial score (nSPS) is 11.2. The highest BCUT2D eigenvalue weighted by molar-refractivity contribution is 7.90. The van der Waals surface area contributed by atoms with Crippen molar-refractivity contribution in [1.82, 2.24) is 0 Å². The SMILES string of the molecule is Cc1cccc(C(=O)Nc2ccccc2S(C)(=O)=O)c1F. The van der Waals surface area contributed by atoms with E-state index in [1.54, 1.807) is 31.2 Å². The van der Waals surface area contributed by atoms with Crippen LogP contribution in [0, 0.1) is 12.7 Å². The number of benzene rings is 2. The Morgan fingerprint density at radius 1 is 1.10 bits per heavy atom. The lowest BCUT2D eigenvalue weighted by Crippen LogP contribution is -2.16. The van der Waals surface area contributed by atoms with Gasteiger partial charge in [0.15, 0.2) is 9.84 Å². The molecule has 21 heavy (non-hydrogen) atoms. The molecule has 0 aliphatic rings. The number of nitrogens with one attached hydrogen (secondary N) is 1. The van der Waals surface area contributed by atoms with Gasteiger partial charge in [0, 0.05) is 6.26 Å². The van der Waals surface area contributed by atoms with Crippen LogP contribution in [-0.4, -0.2) is 20.6 Å². The maximum Gasteiger partial charge on any atom is 0.258 e. The van der Waals surface area contributed by atoms with Gasteiger partial charge in [-0.15, -0.1) is 0 Å². The summed E-state index contributed by atoms with van der Waals surface area (Å²) in [5.41, 5.74) is 0.350. The van der Waals surface area contributed by atoms with E-state index in [2.05, 4.69) is 5.32 Å². The molecular weight excluding hydrogens is 293 g/mol. The van der Waals surface area contributed by atoms with Crippen molar-refractivity contribution in [3.8, 4) is 0 Å². The molecule has 0 saturated carbocycles. The zero-order chi connectivity index (χ0) is 15.6. The van der Waals surface area contributed by atoms with Gasteiger partial charge in [-0.1, -0.05) is 24.3 Å². The summed E-state index contributed by atoms with van der Waals surface area (Å²) in [5, 5.41) is 2.44. The standard InChI is InChI=1S/C15H14FNO3S/c1-10-6-5-7-11(14(10)16)15(18)17-12-8-3-4-9-13(12)21(2,19)20/h3-9H,1-2H3,(H,17,18). The third kappa shape index (κ3) is 3.28. The van der Waals surface area contributed by atoms with E-state index in [0.717, 1.165) is 6.26 Å². The summed E-state index contributed by atoms with van der Waals surface area (Å²) in [5.74, 6) is -1.31. The number of hydrogen-bond acceptors (Lipinski definition) is 3. The Morgan fingerprint density at radius 3 is 2.43 bits per heavy atom. The molecule has 0 radical (unpaired) electrons. The number of anilines is 1. The zero-order valence-corrected chi connectivity index (χ0v) is 12.4. The number of halogens is 1. The molecule has 0 heterocycles. The van der Waals surface area contributed by atoms with Gasteiger partial charge in [0.1, 0.15) is 5.82 Å². The molecule has 2 rings (SSSR count). The highest BCUT2D eigenvalue weighted by Gasteiger charge is 2.17. The molecule has 0 fully saturated rings. The van der Waals surface area contributed by atoms with Crippen LogP contribution in [0.4, 0.5) is 10.1 Å². The minimum Gasteiger partial charge on any atom is -0.321 e. The minimum atomic E-state index is -3.49. The van der Waals surface area contributed by atoms with Crippen molar-refractivity contribution in [3.63, 3.8) is 0 Å². The van der Waals surface area contributed by atoms with Crippen molar-refractivity contribution in [3.05, 3.63) is 59.4 Å². The first-order chi connectivity index (χ1) is 9.80. The lowest BCUT2D eigenvalue weighted by molar-refractivity contribution is 0.102. The van der Waals surface area contributed by atoms with Crippen LogP contribution in [0.3, 0.4) is 0 Å². The van der Waals surface area contributed by atoms with Gasteiger partial charge >= 0.3 is 0 Å². The Hall–Kier alpha value is -2.21. The Balaban J connectivity index is 2.40. The molecule has 2 aromatic carbocycles. The second kappa shape index (κ2) is 5.65. The van der Waals surface area contributed by atoms with Crippen LogP contribution in [0.25, 0.3) is 0 Å². The van der Waals surface area contributed by atoms with Crippen molar-refractivity contribution in [2.75, 3.05) is 11.6 Å². The van der Waals surface area contributed by atoms with Crippen molar-refractivity contribution in [2.24, 2.45) is 0 Å². The summed E-state index contributed by atoms with van der Waals surface area (Å²) in [7, 11) is -3.49. The number of carbonyl (C=O) groups excluding carboxylic acids is 1. The maximum absolute atomic E-state index is 13.9. The first kappa shape index (κ1) is 15.2. The lowest BCUT2D eigenvalue weighted by atomic mass is 10.1. The van der Waals surface area contributed by atoms with E-state index in [1.165, 1.54) is 18.2 Å². The molecular formula is C15H14FNO3S. The molecule has 0 saturated heterocycles. The van der Waals surface area contributed by atoms with Crippen LogP contribution in [0.2, 0.25) is 0 Å². The molecule has 2 aromatic rings. The van der Waals surface area contributed by atoms with E-state index in [0.29, 0.717) is 5.56 Å². The monoisotopic (exact) mass is 307 g/mol. The molecule has 0 bridgehead atoms. The third-order valence-electron chi connectivity index (χ3n) is 2.97. The third-order valence-corrected chi connectivity index (χ3v) is 4.13. The largest absolute Gasteiger partial charge is 0.321 e. The highest BCUT2D eigenvalue weighted by Crippen LogP contribution is 2.22. The Morgan fingerprint density at radius 2 is 1.76 bits per heavy atom. The second-order valence-electron chi connectivity index (χ2n) is 4.66. The molecule has 0 aliphatic heterocycles. The smallest absolute Gasteiger partial charge is 0.258 e. The van der Waals surface area contributed by atoms with Gasteiger partial charge in [-0.05, 0) is 30.7 Å². The number of hydrogen-bond donors (Lipinski definition) is 1. The fourth-order valence-corrected chi connectivity index (χ4v) is 2.75. The number of aryl methyl sites for hydroxylation is 1. The van der Waals surface area contributed by atoms with E-state index < -0.39 is 21.6 Å². The molecule has 0 aliphatic carbocycles. The molecule has 0 aromatic heterocycles. The number of sulfone groups is 1. The van der Waals surface area contributed by atoms with Gasteiger partial charge in [-0.25, -0.2) is 12.8 Å². The van der Waals surface area contributed by atoms with Crippen LogP contribution in [0.15, 0.2) is 47.4 Å². The molecule has 0 unspecified atom stereocenters. The van der Waals surface area contributed by atoms with Crippen molar-refractivity contribution >= 4 is 21.4 Å². The van der Waals surface area contributed by atoms with Crippen LogP contribution in [-0.2, 0) is 9.84 Å². The molecule has 0 spiro atoms. The van der Waals surface area contributed by atoms with Gasteiger partial charge in [0.2, 0.25) is 0 Å². The van der Waals surface area contributed by atoms with Crippen molar-refractivity contribution in [2.45, 2.75) is 11.8 Å². The predicted octanol–water partition coefficient (Wildman–Crippen LogP) is 2.79. The van der Waals surface area contributed by atoms with Crippen LogP contribution in [0.1, 0.15) is 15.9 Å². The minimum absolute atomic E-state index is 0.00795. The molecule has 1 N–H and O–H groups in total. The van der Waals surface area contributed by atoms with Crippen molar-refractivity contribution < 1.29 is 17.6 Å². The summed E-state index contributed by atoms with van der Waals surface area (Å²) < 4.78 is 37.2. The second-order valence-corrected chi connectivity index (χ2v) is 6.64. The Labute approximate surface area is 122 Å². The number of rotatable bonds is 3. The molecule has 0 atom stereocenters. The van der Waals surface area contributed by atoms with Gasteiger partial charge < -0.3 is 5.32 Å². The van der Waals surface area contributed by atoms with Gasteiger partial charge in [-0.3, -0.25) is 4.79 Å². The highest BCUT2D eigenvalue weighted by atomic mass is 32.2. The summed E-state index contributed by atoms with van der Waals surface area (Å²) in [6.45, 7) is 1.55. The topological polar surface area (TPSA) is 63.2 Å². The van der Waals surface area contributed by atoms with Crippen LogP contribution < -0.4 is 5.32 Å². The summed E-state index contributed by atoms with van der Waals surface area (Å²) in [6, 6.07) is 10.5. The molecule has 1 amide bonds. The fourth-order valence-electron chi connectivity index (χ4n) is 1.91. The summed E-state index contributed by atoms with van der Waals surface area (Å²) in [4.78, 5) is 12.1. The van der Waals surface area contributed by atoms with Crippen molar-refractivity contribution in [1.29, 1.82) is 0 Å². The summed E-state index contributed by atoms with van der Waals surface area (Å²) in [6.07, 6.45) is 1.05. The van der Waals surface area contributed by atoms with E-state index in [4.69, 9.17) is 0 Å². The summed E-state index contributed by atoms with van der Waals surface area (Å²) >= 11 is 0.